The van der Waals surface area contributed by atoms with E-state index >= 15 is 0 Å². The molecule has 0 spiro atoms. The molecule has 0 aliphatic heterocycles. The molecule has 0 radical (unpaired) electrons. The van der Waals surface area contributed by atoms with Gasteiger partial charge in [-0.3, -0.25) is 0 Å². The van der Waals surface area contributed by atoms with Crippen LogP contribution in [0.25, 0.3) is 5.57 Å². The predicted octanol–water partition coefficient (Wildman–Crippen LogP) is 4.44. The summed E-state index contributed by atoms with van der Waals surface area (Å²) < 4.78 is 0. The number of hydrogen-bond donors (Lipinski definition) is 1. The van der Waals surface area contributed by atoms with Gasteiger partial charge in [0.1, 0.15) is 0 Å². The van der Waals surface area contributed by atoms with E-state index in [0.29, 0.717) is 17.8 Å². The molecule has 106 valence electrons. The minimum absolute atomic E-state index is 0.367. The van der Waals surface area contributed by atoms with E-state index in [4.69, 9.17) is 0 Å². The van der Waals surface area contributed by atoms with E-state index in [0.717, 1.165) is 23.5 Å². The lowest BCUT2D eigenvalue weighted by Crippen LogP contribution is -2.50. The van der Waals surface area contributed by atoms with Crippen molar-refractivity contribution >= 4 is 5.57 Å². The van der Waals surface area contributed by atoms with Gasteiger partial charge in [0, 0.05) is 6.42 Å². The average Bonchev–Trinajstić information content (AvgIpc) is 2.47. The molecule has 3 atom stereocenters. The average molecular weight is 268 g/mol. The Labute approximate surface area is 122 Å². The van der Waals surface area contributed by atoms with Crippen LogP contribution in [0.3, 0.4) is 0 Å². The fourth-order valence-electron chi connectivity index (χ4n) is 3.91. The molecule has 4 rings (SSSR count). The maximum Gasteiger partial charge on any atom is 0.0793 e. The van der Waals surface area contributed by atoms with Crippen LogP contribution in [-0.4, -0.2) is 11.2 Å². The second-order valence-electron chi connectivity index (χ2n) is 6.94. The van der Waals surface area contributed by atoms with Gasteiger partial charge in [-0.25, -0.2) is 0 Å². The van der Waals surface area contributed by atoms with E-state index < -0.39 is 0 Å². The van der Waals surface area contributed by atoms with Gasteiger partial charge in [0.2, 0.25) is 0 Å². The van der Waals surface area contributed by atoms with Crippen molar-refractivity contribution in [3.63, 3.8) is 0 Å². The third kappa shape index (κ3) is 2.14. The molecule has 0 heterocycles. The Morgan fingerprint density at radius 3 is 2.65 bits per heavy atom. The van der Waals surface area contributed by atoms with Crippen LogP contribution in [0.15, 0.2) is 48.6 Å². The molecule has 1 aromatic carbocycles. The number of fused-ring (bicyclic) bond motifs is 1. The number of aliphatic hydroxyl groups is 1. The lowest BCUT2D eigenvalue weighted by molar-refractivity contribution is -0.0210. The van der Waals surface area contributed by atoms with E-state index in [2.05, 4.69) is 38.6 Å². The smallest absolute Gasteiger partial charge is 0.0793 e. The lowest BCUT2D eigenvalue weighted by atomic mass is 9.48. The van der Waals surface area contributed by atoms with Gasteiger partial charge in [-0.15, -0.1) is 0 Å². The van der Waals surface area contributed by atoms with E-state index in [-0.39, 0.29) is 6.10 Å². The third-order valence-electron chi connectivity index (χ3n) is 5.52. The Balaban J connectivity index is 1.70. The molecule has 2 bridgehead atoms. The Hall–Kier alpha value is -1.34. The summed E-state index contributed by atoms with van der Waals surface area (Å²) in [5.74, 6) is 1.39. The van der Waals surface area contributed by atoms with Crippen molar-refractivity contribution in [2.45, 2.75) is 39.2 Å². The van der Waals surface area contributed by atoms with Crippen LogP contribution in [0.2, 0.25) is 0 Å². The Morgan fingerprint density at radius 1 is 1.35 bits per heavy atom. The highest BCUT2D eigenvalue weighted by Crippen LogP contribution is 2.60. The molecule has 1 fully saturated rings. The van der Waals surface area contributed by atoms with Gasteiger partial charge in [0.05, 0.1) is 6.10 Å². The molecule has 20 heavy (non-hydrogen) atoms. The van der Waals surface area contributed by atoms with Crippen molar-refractivity contribution in [1.29, 1.82) is 0 Å². The molecule has 1 unspecified atom stereocenters. The van der Waals surface area contributed by atoms with Gasteiger partial charge in [-0.2, -0.15) is 0 Å². The monoisotopic (exact) mass is 268 g/mol. The summed E-state index contributed by atoms with van der Waals surface area (Å²) in [6.07, 6.45) is 4.95. The second-order valence-corrected chi connectivity index (χ2v) is 6.94. The van der Waals surface area contributed by atoms with Gasteiger partial charge in [-0.1, -0.05) is 56.8 Å². The topological polar surface area (TPSA) is 20.2 Å². The van der Waals surface area contributed by atoms with E-state index in [1.165, 1.54) is 12.0 Å². The lowest BCUT2D eigenvalue weighted by Gasteiger charge is -2.57. The molecule has 1 heteroatoms. The van der Waals surface area contributed by atoms with Gasteiger partial charge >= 0.3 is 0 Å². The van der Waals surface area contributed by atoms with Crippen LogP contribution in [0.4, 0.5) is 0 Å². The SMILES string of the molecule is C=C(CC(O)C1=CC[C@H]2C[C@H]1C2(C)C)c1ccccc1. The van der Waals surface area contributed by atoms with Crippen LogP contribution < -0.4 is 0 Å². The van der Waals surface area contributed by atoms with Crippen molar-refractivity contribution in [3.8, 4) is 0 Å². The second kappa shape index (κ2) is 4.89. The molecular formula is C19H24O. The van der Waals surface area contributed by atoms with Crippen LogP contribution in [-0.2, 0) is 0 Å². The first-order valence-corrected chi connectivity index (χ1v) is 7.61. The van der Waals surface area contributed by atoms with Gasteiger partial charge in [0.25, 0.3) is 0 Å². The van der Waals surface area contributed by atoms with E-state index in [1.807, 2.05) is 18.2 Å². The summed E-state index contributed by atoms with van der Waals surface area (Å²) >= 11 is 0. The third-order valence-corrected chi connectivity index (χ3v) is 5.52. The molecule has 0 saturated heterocycles. The van der Waals surface area contributed by atoms with Gasteiger partial charge < -0.3 is 5.11 Å². The quantitative estimate of drug-likeness (QED) is 0.800. The summed E-state index contributed by atoms with van der Waals surface area (Å²) in [6.45, 7) is 8.84. The van der Waals surface area contributed by atoms with Gasteiger partial charge in [0.15, 0.2) is 0 Å². The molecule has 0 aromatic heterocycles. The Bertz CT molecular complexity index is 538. The first kappa shape index (κ1) is 13.6. The molecular weight excluding hydrogens is 244 g/mol. The minimum atomic E-state index is -0.367. The fourth-order valence-corrected chi connectivity index (χ4v) is 3.91. The summed E-state index contributed by atoms with van der Waals surface area (Å²) in [7, 11) is 0. The highest BCUT2D eigenvalue weighted by Gasteiger charge is 2.52. The van der Waals surface area contributed by atoms with Crippen molar-refractivity contribution in [2.75, 3.05) is 0 Å². The number of benzene rings is 1. The van der Waals surface area contributed by atoms with Crippen molar-refractivity contribution in [2.24, 2.45) is 17.3 Å². The maximum absolute atomic E-state index is 10.6. The van der Waals surface area contributed by atoms with E-state index in [9.17, 15) is 5.11 Å². The molecule has 3 aliphatic carbocycles. The van der Waals surface area contributed by atoms with Crippen molar-refractivity contribution in [1.82, 2.24) is 0 Å². The fraction of sp³-hybridized carbons (Fsp3) is 0.474. The molecule has 1 aromatic rings. The Morgan fingerprint density at radius 2 is 2.05 bits per heavy atom. The van der Waals surface area contributed by atoms with Crippen molar-refractivity contribution < 1.29 is 5.11 Å². The number of hydrogen-bond acceptors (Lipinski definition) is 1. The zero-order chi connectivity index (χ0) is 14.3. The molecule has 3 aliphatic rings. The van der Waals surface area contributed by atoms with Crippen LogP contribution in [0.5, 0.6) is 0 Å². The van der Waals surface area contributed by atoms with Crippen molar-refractivity contribution in [3.05, 3.63) is 54.1 Å². The largest absolute Gasteiger partial charge is 0.388 e. The van der Waals surface area contributed by atoms with Crippen LogP contribution >= 0.6 is 0 Å². The molecule has 0 amide bonds. The molecule has 1 saturated carbocycles. The summed E-state index contributed by atoms with van der Waals surface area (Å²) in [5, 5.41) is 10.6. The van der Waals surface area contributed by atoms with Crippen LogP contribution in [0.1, 0.15) is 38.7 Å². The zero-order valence-electron chi connectivity index (χ0n) is 12.5. The number of rotatable bonds is 4. The maximum atomic E-state index is 10.6. The summed E-state index contributed by atoms with van der Waals surface area (Å²) in [4.78, 5) is 0. The first-order chi connectivity index (χ1) is 9.50. The molecule has 1 N–H and O–H groups in total. The zero-order valence-corrected chi connectivity index (χ0v) is 12.5. The van der Waals surface area contributed by atoms with E-state index in [1.54, 1.807) is 0 Å². The minimum Gasteiger partial charge on any atom is -0.388 e. The normalized spacial score (nSPS) is 28.2. The summed E-state index contributed by atoms with van der Waals surface area (Å²) in [6, 6.07) is 10.2. The highest BCUT2D eigenvalue weighted by molar-refractivity contribution is 5.64. The molecule has 1 nitrogen and oxygen atoms in total. The van der Waals surface area contributed by atoms with Crippen LogP contribution in [0, 0.1) is 17.3 Å². The standard InChI is InChI=1S/C19H24O/c1-13(14-7-5-4-6-8-14)11-18(20)16-10-9-15-12-17(16)19(15,2)3/h4-8,10,15,17-18,20H,1,9,11-12H2,2-3H3/t15-,17+,18?/m0/s1. The summed E-state index contributed by atoms with van der Waals surface area (Å²) in [5.41, 5.74) is 3.79. The first-order valence-electron chi connectivity index (χ1n) is 7.61. The van der Waals surface area contributed by atoms with Gasteiger partial charge in [-0.05, 0) is 46.8 Å². The number of allylic oxidation sites excluding steroid dienone is 1. The number of aliphatic hydroxyl groups excluding tert-OH is 1. The highest BCUT2D eigenvalue weighted by atomic mass is 16.3. The predicted molar refractivity (Wildman–Crippen MR) is 84.2 cm³/mol. The Kier molecular flexibility index (Phi) is 3.33.